The lowest BCUT2D eigenvalue weighted by Crippen LogP contribution is -2.40. The Morgan fingerprint density at radius 1 is 1.32 bits per heavy atom. The van der Waals surface area contributed by atoms with Crippen molar-refractivity contribution >= 4 is 41.3 Å². The van der Waals surface area contributed by atoms with Gasteiger partial charge in [0.05, 0.1) is 18.1 Å². The third kappa shape index (κ3) is 9.02. The van der Waals surface area contributed by atoms with Gasteiger partial charge in [0.2, 0.25) is 0 Å². The minimum Gasteiger partial charge on any atom is -0.381 e. The number of ether oxygens (including phenoxy) is 2. The fraction of sp³-hybridized carbons (Fsp3) is 0.611. The number of nitrogens with zero attached hydrogens (tertiary/aromatic N) is 2. The molecule has 0 amide bonds. The molecule has 1 atom stereocenters. The number of aliphatic imine (C=N–C) groups is 1. The molecule has 1 aliphatic rings. The van der Waals surface area contributed by atoms with E-state index >= 15 is 0 Å². The molecule has 10 heteroatoms. The summed E-state index contributed by atoms with van der Waals surface area (Å²) in [5, 5.41) is 20.4. The van der Waals surface area contributed by atoms with Crippen LogP contribution in [0, 0.1) is 16.0 Å². The molecule has 0 bridgehead atoms. The normalized spacial score (nSPS) is 16.3. The summed E-state index contributed by atoms with van der Waals surface area (Å²) < 4.78 is 11.0. The van der Waals surface area contributed by atoms with Crippen LogP contribution in [-0.2, 0) is 9.47 Å². The summed E-state index contributed by atoms with van der Waals surface area (Å²) in [4.78, 5) is 14.8. The molecule has 1 fully saturated rings. The van der Waals surface area contributed by atoms with E-state index in [4.69, 9.17) is 9.47 Å². The Bertz CT molecular complexity index is 611. The number of benzene rings is 1. The number of hydrogen-bond acceptors (Lipinski definition) is 6. The molecule has 28 heavy (non-hydrogen) atoms. The van der Waals surface area contributed by atoms with Crippen LogP contribution in [-0.4, -0.2) is 64.0 Å². The van der Waals surface area contributed by atoms with Gasteiger partial charge in [-0.2, -0.15) is 0 Å². The molecule has 0 aliphatic carbocycles. The van der Waals surface area contributed by atoms with E-state index in [1.807, 2.05) is 0 Å². The maximum absolute atomic E-state index is 11.0. The van der Waals surface area contributed by atoms with Crippen LogP contribution in [0.15, 0.2) is 29.3 Å². The number of nitro benzene ring substituents is 1. The quantitative estimate of drug-likeness (QED) is 0.105. The highest BCUT2D eigenvalue weighted by molar-refractivity contribution is 14.0. The monoisotopic (exact) mass is 507 g/mol. The van der Waals surface area contributed by atoms with Crippen molar-refractivity contribution in [3.05, 3.63) is 34.4 Å². The summed E-state index contributed by atoms with van der Waals surface area (Å²) in [6, 6.07) is 6.60. The van der Waals surface area contributed by atoms with Gasteiger partial charge >= 0.3 is 0 Å². The first-order valence-electron chi connectivity index (χ1n) is 9.28. The van der Waals surface area contributed by atoms with E-state index in [0.29, 0.717) is 37.3 Å². The number of halogens is 1. The highest BCUT2D eigenvalue weighted by Gasteiger charge is 2.15. The summed E-state index contributed by atoms with van der Waals surface area (Å²) >= 11 is 0. The minimum absolute atomic E-state index is 0. The van der Waals surface area contributed by atoms with Crippen molar-refractivity contribution in [1.29, 1.82) is 0 Å². The number of anilines is 1. The lowest BCUT2D eigenvalue weighted by molar-refractivity contribution is -0.384. The van der Waals surface area contributed by atoms with Crippen LogP contribution in [0.5, 0.6) is 0 Å². The maximum Gasteiger partial charge on any atom is 0.292 e. The molecule has 1 unspecified atom stereocenters. The zero-order valence-electron chi connectivity index (χ0n) is 16.2. The smallest absolute Gasteiger partial charge is 0.292 e. The summed E-state index contributed by atoms with van der Waals surface area (Å²) in [5.41, 5.74) is 0.584. The van der Waals surface area contributed by atoms with Crippen LogP contribution < -0.4 is 16.0 Å². The minimum atomic E-state index is -0.391. The Balaban J connectivity index is 0.00000392. The lowest BCUT2D eigenvalue weighted by Gasteiger charge is -2.13. The molecule has 0 spiro atoms. The molecule has 0 saturated carbocycles. The van der Waals surface area contributed by atoms with Gasteiger partial charge in [-0.1, -0.05) is 12.1 Å². The molecule has 158 valence electrons. The van der Waals surface area contributed by atoms with Crippen molar-refractivity contribution in [2.75, 3.05) is 58.4 Å². The van der Waals surface area contributed by atoms with Crippen molar-refractivity contribution in [3.63, 3.8) is 0 Å². The van der Waals surface area contributed by atoms with Crippen LogP contribution >= 0.6 is 24.0 Å². The molecule has 1 aromatic rings. The summed E-state index contributed by atoms with van der Waals surface area (Å²) in [6.45, 7) is 5.03. The first kappa shape index (κ1) is 24.4. The first-order chi connectivity index (χ1) is 13.2. The molecule has 1 aliphatic heterocycles. The average Bonchev–Trinajstić information content (AvgIpc) is 3.19. The third-order valence-electron chi connectivity index (χ3n) is 4.19. The van der Waals surface area contributed by atoms with Gasteiger partial charge in [0.15, 0.2) is 5.96 Å². The second kappa shape index (κ2) is 14.4. The second-order valence-electron chi connectivity index (χ2n) is 6.28. The van der Waals surface area contributed by atoms with Gasteiger partial charge in [0.25, 0.3) is 5.69 Å². The van der Waals surface area contributed by atoms with Crippen molar-refractivity contribution in [2.24, 2.45) is 10.9 Å². The number of nitro groups is 1. The number of para-hydroxylation sites is 2. The maximum atomic E-state index is 11.0. The third-order valence-corrected chi connectivity index (χ3v) is 4.19. The Morgan fingerprint density at radius 2 is 2.11 bits per heavy atom. The molecule has 1 heterocycles. The number of hydrogen-bond donors (Lipinski definition) is 3. The Hall–Kier alpha value is -1.66. The van der Waals surface area contributed by atoms with E-state index in [2.05, 4.69) is 20.9 Å². The van der Waals surface area contributed by atoms with E-state index in [1.165, 1.54) is 6.07 Å². The van der Waals surface area contributed by atoms with E-state index in [0.717, 1.165) is 39.2 Å². The molecule has 1 aromatic carbocycles. The Labute approximate surface area is 182 Å². The molecule has 1 saturated heterocycles. The van der Waals surface area contributed by atoms with Gasteiger partial charge in [0, 0.05) is 51.9 Å². The van der Waals surface area contributed by atoms with Gasteiger partial charge in [0.1, 0.15) is 5.69 Å². The fourth-order valence-electron chi connectivity index (χ4n) is 2.73. The van der Waals surface area contributed by atoms with Gasteiger partial charge in [-0.15, -0.1) is 24.0 Å². The summed E-state index contributed by atoms with van der Waals surface area (Å²) in [5.74, 6) is 1.24. The largest absolute Gasteiger partial charge is 0.381 e. The standard InChI is InChI=1S/C18H29N5O4.HI/c1-19-18(21-8-4-11-26-13-15-7-12-27-14-15)22-10-9-20-16-5-2-3-6-17(16)23(24)25;/h2-3,5-6,15,20H,4,7-14H2,1H3,(H2,19,21,22);1H. The number of rotatable bonds is 11. The summed E-state index contributed by atoms with van der Waals surface area (Å²) in [6.07, 6.45) is 1.98. The van der Waals surface area contributed by atoms with Crippen LogP contribution in [0.25, 0.3) is 0 Å². The van der Waals surface area contributed by atoms with Crippen molar-refractivity contribution in [2.45, 2.75) is 12.8 Å². The predicted octanol–water partition coefficient (Wildman–Crippen LogP) is 2.23. The molecule has 3 N–H and O–H groups in total. The van der Waals surface area contributed by atoms with Crippen LogP contribution in [0.4, 0.5) is 11.4 Å². The number of nitrogens with one attached hydrogen (secondary N) is 3. The second-order valence-corrected chi connectivity index (χ2v) is 6.28. The first-order valence-corrected chi connectivity index (χ1v) is 9.28. The van der Waals surface area contributed by atoms with Crippen molar-refractivity contribution < 1.29 is 14.4 Å². The highest BCUT2D eigenvalue weighted by atomic mass is 127. The van der Waals surface area contributed by atoms with Gasteiger partial charge in [-0.25, -0.2) is 0 Å². The molecular formula is C18H30IN5O4. The van der Waals surface area contributed by atoms with Gasteiger partial charge < -0.3 is 25.4 Å². The summed E-state index contributed by atoms with van der Waals surface area (Å²) in [7, 11) is 1.71. The predicted molar refractivity (Wildman–Crippen MR) is 121 cm³/mol. The lowest BCUT2D eigenvalue weighted by atomic mass is 10.1. The zero-order valence-corrected chi connectivity index (χ0v) is 18.5. The SMILES string of the molecule is CN=C(NCCCOCC1CCOC1)NCCNc1ccccc1[N+](=O)[O-].I. The molecule has 0 radical (unpaired) electrons. The molecular weight excluding hydrogens is 477 g/mol. The zero-order chi connectivity index (χ0) is 19.3. The van der Waals surface area contributed by atoms with E-state index < -0.39 is 4.92 Å². The Kier molecular flexibility index (Phi) is 12.5. The van der Waals surface area contributed by atoms with Crippen LogP contribution in [0.1, 0.15) is 12.8 Å². The van der Waals surface area contributed by atoms with Crippen LogP contribution in [0.2, 0.25) is 0 Å². The van der Waals surface area contributed by atoms with Crippen molar-refractivity contribution in [3.8, 4) is 0 Å². The topological polar surface area (TPSA) is 110 Å². The molecule has 0 aromatic heterocycles. The number of guanidine groups is 1. The van der Waals surface area contributed by atoms with E-state index in [-0.39, 0.29) is 29.7 Å². The highest BCUT2D eigenvalue weighted by Crippen LogP contribution is 2.22. The van der Waals surface area contributed by atoms with Gasteiger partial charge in [-0.05, 0) is 18.9 Å². The molecule has 9 nitrogen and oxygen atoms in total. The Morgan fingerprint density at radius 3 is 2.82 bits per heavy atom. The fourth-order valence-corrected chi connectivity index (χ4v) is 2.73. The van der Waals surface area contributed by atoms with E-state index in [1.54, 1.807) is 25.2 Å². The average molecular weight is 507 g/mol. The van der Waals surface area contributed by atoms with Crippen LogP contribution in [0.3, 0.4) is 0 Å². The van der Waals surface area contributed by atoms with Gasteiger partial charge in [-0.3, -0.25) is 15.1 Å². The van der Waals surface area contributed by atoms with Crippen molar-refractivity contribution in [1.82, 2.24) is 10.6 Å². The van der Waals surface area contributed by atoms with E-state index in [9.17, 15) is 10.1 Å². The molecule has 2 rings (SSSR count).